The van der Waals surface area contributed by atoms with Gasteiger partial charge < -0.3 is 9.47 Å². The Morgan fingerprint density at radius 3 is 2.50 bits per heavy atom. The SMILES string of the molecule is C[C@@H]1CCC[C@H]1OCCC(=O)OC(C)(C)C. The van der Waals surface area contributed by atoms with Crippen molar-refractivity contribution in [1.29, 1.82) is 0 Å². The molecule has 1 saturated carbocycles. The summed E-state index contributed by atoms with van der Waals surface area (Å²) < 4.78 is 10.9. The van der Waals surface area contributed by atoms with Crippen LogP contribution in [0.15, 0.2) is 0 Å². The van der Waals surface area contributed by atoms with Crippen molar-refractivity contribution < 1.29 is 14.3 Å². The van der Waals surface area contributed by atoms with Gasteiger partial charge in [0.1, 0.15) is 5.60 Å². The Labute approximate surface area is 98.5 Å². The third kappa shape index (κ3) is 4.97. The molecule has 0 spiro atoms. The van der Waals surface area contributed by atoms with Gasteiger partial charge >= 0.3 is 5.97 Å². The Morgan fingerprint density at radius 1 is 1.31 bits per heavy atom. The average Bonchev–Trinajstić information content (AvgIpc) is 2.48. The van der Waals surface area contributed by atoms with E-state index in [2.05, 4.69) is 6.92 Å². The molecule has 0 aromatic carbocycles. The van der Waals surface area contributed by atoms with E-state index >= 15 is 0 Å². The quantitative estimate of drug-likeness (QED) is 0.694. The number of rotatable bonds is 4. The van der Waals surface area contributed by atoms with Crippen LogP contribution in [-0.4, -0.2) is 24.3 Å². The normalized spacial score (nSPS) is 25.8. The van der Waals surface area contributed by atoms with Gasteiger partial charge in [-0.05, 0) is 39.5 Å². The van der Waals surface area contributed by atoms with Gasteiger partial charge in [0, 0.05) is 0 Å². The minimum atomic E-state index is -0.391. The lowest BCUT2D eigenvalue weighted by molar-refractivity contribution is -0.156. The molecule has 94 valence electrons. The monoisotopic (exact) mass is 228 g/mol. The van der Waals surface area contributed by atoms with Gasteiger partial charge in [-0.2, -0.15) is 0 Å². The van der Waals surface area contributed by atoms with Gasteiger partial charge in [0.05, 0.1) is 19.1 Å². The Morgan fingerprint density at radius 2 is 2.00 bits per heavy atom. The summed E-state index contributed by atoms with van der Waals surface area (Å²) in [5.41, 5.74) is -0.391. The molecular weight excluding hydrogens is 204 g/mol. The van der Waals surface area contributed by atoms with E-state index in [0.717, 1.165) is 6.42 Å². The van der Waals surface area contributed by atoms with Crippen LogP contribution in [0.1, 0.15) is 53.4 Å². The van der Waals surface area contributed by atoms with E-state index in [1.807, 2.05) is 20.8 Å². The number of hydrogen-bond acceptors (Lipinski definition) is 3. The first-order valence-electron chi connectivity index (χ1n) is 6.22. The Balaban J connectivity index is 2.13. The molecule has 0 saturated heterocycles. The molecule has 0 heterocycles. The Hall–Kier alpha value is -0.570. The lowest BCUT2D eigenvalue weighted by Gasteiger charge is -2.20. The van der Waals surface area contributed by atoms with Crippen LogP contribution in [0.2, 0.25) is 0 Å². The molecule has 0 aromatic heterocycles. The number of carbonyl (C=O) groups excluding carboxylic acids is 1. The first-order valence-corrected chi connectivity index (χ1v) is 6.22. The number of carbonyl (C=O) groups is 1. The molecule has 0 aromatic rings. The van der Waals surface area contributed by atoms with E-state index in [1.54, 1.807) is 0 Å². The summed E-state index contributed by atoms with van der Waals surface area (Å²) in [6.45, 7) is 8.34. The van der Waals surface area contributed by atoms with Gasteiger partial charge in [0.15, 0.2) is 0 Å². The number of hydrogen-bond donors (Lipinski definition) is 0. The van der Waals surface area contributed by atoms with Crippen LogP contribution < -0.4 is 0 Å². The maximum atomic E-state index is 11.4. The van der Waals surface area contributed by atoms with Crippen molar-refractivity contribution in [2.24, 2.45) is 5.92 Å². The predicted molar refractivity (Wildman–Crippen MR) is 63.2 cm³/mol. The molecule has 1 rings (SSSR count). The highest BCUT2D eigenvalue weighted by molar-refractivity contribution is 5.69. The molecule has 1 aliphatic rings. The zero-order valence-corrected chi connectivity index (χ0v) is 10.9. The first-order chi connectivity index (χ1) is 7.38. The summed E-state index contributed by atoms with van der Waals surface area (Å²) in [6, 6.07) is 0. The smallest absolute Gasteiger partial charge is 0.308 e. The molecule has 3 heteroatoms. The standard InChI is InChI=1S/C13H24O3/c1-10-6-5-7-11(10)15-9-8-12(14)16-13(2,3)4/h10-11H,5-9H2,1-4H3/t10-,11-/m1/s1. The second-order valence-corrected chi connectivity index (χ2v) is 5.65. The molecule has 0 bridgehead atoms. The van der Waals surface area contributed by atoms with Crippen molar-refractivity contribution in [3.8, 4) is 0 Å². The molecule has 0 unspecified atom stereocenters. The maximum Gasteiger partial charge on any atom is 0.308 e. The lowest BCUT2D eigenvalue weighted by Crippen LogP contribution is -2.25. The van der Waals surface area contributed by atoms with Gasteiger partial charge in [0.25, 0.3) is 0 Å². The largest absolute Gasteiger partial charge is 0.460 e. The van der Waals surface area contributed by atoms with Crippen molar-refractivity contribution in [3.05, 3.63) is 0 Å². The molecule has 0 aliphatic heterocycles. The van der Waals surface area contributed by atoms with Crippen molar-refractivity contribution in [1.82, 2.24) is 0 Å². The van der Waals surface area contributed by atoms with Crippen molar-refractivity contribution in [2.45, 2.75) is 65.1 Å². The third-order valence-electron chi connectivity index (χ3n) is 2.84. The van der Waals surface area contributed by atoms with Crippen LogP contribution in [-0.2, 0) is 14.3 Å². The van der Waals surface area contributed by atoms with Crippen molar-refractivity contribution in [3.63, 3.8) is 0 Å². The second kappa shape index (κ2) is 5.67. The Bertz CT molecular complexity index is 230. The molecule has 16 heavy (non-hydrogen) atoms. The molecule has 1 aliphatic carbocycles. The summed E-state index contributed by atoms with van der Waals surface area (Å²) in [5.74, 6) is 0.469. The zero-order chi connectivity index (χ0) is 12.2. The topological polar surface area (TPSA) is 35.5 Å². The average molecular weight is 228 g/mol. The van der Waals surface area contributed by atoms with E-state index in [0.29, 0.717) is 25.0 Å². The summed E-state index contributed by atoms with van der Waals surface area (Å²) in [7, 11) is 0. The van der Waals surface area contributed by atoms with Crippen LogP contribution in [0, 0.1) is 5.92 Å². The number of ether oxygens (including phenoxy) is 2. The van der Waals surface area contributed by atoms with Gasteiger partial charge in [-0.25, -0.2) is 0 Å². The predicted octanol–water partition coefficient (Wildman–Crippen LogP) is 2.92. The minimum Gasteiger partial charge on any atom is -0.460 e. The summed E-state index contributed by atoms with van der Waals surface area (Å²) >= 11 is 0. The van der Waals surface area contributed by atoms with Gasteiger partial charge in [-0.3, -0.25) is 4.79 Å². The van der Waals surface area contributed by atoms with E-state index in [4.69, 9.17) is 9.47 Å². The van der Waals surface area contributed by atoms with Crippen molar-refractivity contribution >= 4 is 5.97 Å². The molecule has 0 amide bonds. The molecular formula is C13H24O3. The highest BCUT2D eigenvalue weighted by Gasteiger charge is 2.24. The van der Waals surface area contributed by atoms with Crippen LogP contribution in [0.3, 0.4) is 0 Å². The van der Waals surface area contributed by atoms with Gasteiger partial charge in [-0.15, -0.1) is 0 Å². The maximum absolute atomic E-state index is 11.4. The van der Waals surface area contributed by atoms with Crippen LogP contribution in [0.5, 0.6) is 0 Å². The van der Waals surface area contributed by atoms with Crippen LogP contribution >= 0.6 is 0 Å². The fourth-order valence-corrected chi connectivity index (χ4v) is 2.05. The fraction of sp³-hybridized carbons (Fsp3) is 0.923. The molecule has 0 N–H and O–H groups in total. The van der Waals surface area contributed by atoms with Gasteiger partial charge in [-0.1, -0.05) is 13.3 Å². The second-order valence-electron chi connectivity index (χ2n) is 5.65. The van der Waals surface area contributed by atoms with E-state index in [1.165, 1.54) is 12.8 Å². The minimum absolute atomic E-state index is 0.168. The summed E-state index contributed by atoms with van der Waals surface area (Å²) in [5, 5.41) is 0. The first kappa shape index (κ1) is 13.5. The summed E-state index contributed by atoms with van der Waals surface area (Å²) in [4.78, 5) is 11.4. The van der Waals surface area contributed by atoms with E-state index in [-0.39, 0.29) is 5.97 Å². The zero-order valence-electron chi connectivity index (χ0n) is 10.9. The molecule has 1 fully saturated rings. The van der Waals surface area contributed by atoms with Crippen LogP contribution in [0.25, 0.3) is 0 Å². The van der Waals surface area contributed by atoms with Crippen molar-refractivity contribution in [2.75, 3.05) is 6.61 Å². The fourth-order valence-electron chi connectivity index (χ4n) is 2.05. The molecule has 0 radical (unpaired) electrons. The summed E-state index contributed by atoms with van der Waals surface area (Å²) in [6.07, 6.45) is 4.34. The third-order valence-corrected chi connectivity index (χ3v) is 2.84. The molecule has 2 atom stereocenters. The Kier molecular flexibility index (Phi) is 4.78. The van der Waals surface area contributed by atoms with Crippen LogP contribution in [0.4, 0.5) is 0 Å². The highest BCUT2D eigenvalue weighted by atomic mass is 16.6. The lowest BCUT2D eigenvalue weighted by atomic mass is 10.1. The van der Waals surface area contributed by atoms with E-state index < -0.39 is 5.60 Å². The molecule has 3 nitrogen and oxygen atoms in total. The number of esters is 1. The van der Waals surface area contributed by atoms with E-state index in [9.17, 15) is 4.79 Å². The van der Waals surface area contributed by atoms with Gasteiger partial charge in [0.2, 0.25) is 0 Å². The highest BCUT2D eigenvalue weighted by Crippen LogP contribution is 2.27.